The molecule has 6 unspecified atom stereocenters. The van der Waals surface area contributed by atoms with Gasteiger partial charge in [0.2, 0.25) is 0 Å². The molecule has 7 nitrogen and oxygen atoms in total. The first-order valence-electron chi connectivity index (χ1n) is 7.01. The van der Waals surface area contributed by atoms with E-state index >= 15 is 0 Å². The highest BCUT2D eigenvalue weighted by molar-refractivity contribution is 7.99. The van der Waals surface area contributed by atoms with Crippen LogP contribution in [0.4, 0.5) is 0 Å². The molecule has 124 valence electrons. The zero-order valence-electron chi connectivity index (χ0n) is 12.0. The Morgan fingerprint density at radius 1 is 1.19 bits per heavy atom. The average molecular weight is 324 g/mol. The van der Waals surface area contributed by atoms with Crippen molar-refractivity contribution in [3.05, 3.63) is 0 Å². The van der Waals surface area contributed by atoms with Crippen LogP contribution in [-0.4, -0.2) is 79.6 Å². The summed E-state index contributed by atoms with van der Waals surface area (Å²) in [5.74, 6) is 0.392. The average Bonchev–Trinajstić information content (AvgIpc) is 2.46. The van der Waals surface area contributed by atoms with Crippen LogP contribution < -0.4 is 0 Å². The lowest BCUT2D eigenvalue weighted by molar-refractivity contribution is -0.205. The van der Waals surface area contributed by atoms with Crippen molar-refractivity contribution in [3.8, 4) is 0 Å². The van der Waals surface area contributed by atoms with Gasteiger partial charge in [0.05, 0.1) is 6.61 Å². The van der Waals surface area contributed by atoms with E-state index in [1.165, 1.54) is 18.7 Å². The Balaban J connectivity index is 2.29. The van der Waals surface area contributed by atoms with Crippen LogP contribution in [-0.2, 0) is 9.53 Å². The van der Waals surface area contributed by atoms with Crippen molar-refractivity contribution in [1.82, 2.24) is 0 Å². The van der Waals surface area contributed by atoms with Gasteiger partial charge in [0.25, 0.3) is 0 Å². The van der Waals surface area contributed by atoms with Gasteiger partial charge < -0.3 is 30.3 Å². The monoisotopic (exact) mass is 324 g/mol. The van der Waals surface area contributed by atoms with Crippen LogP contribution in [0.15, 0.2) is 0 Å². The molecule has 1 saturated heterocycles. The predicted octanol–water partition coefficient (Wildman–Crippen LogP) is -1.36. The molecule has 0 aromatic carbocycles. The van der Waals surface area contributed by atoms with Crippen LogP contribution in [0.1, 0.15) is 26.2 Å². The third-order valence-electron chi connectivity index (χ3n) is 3.41. The second kappa shape index (κ2) is 9.04. The third-order valence-corrected chi connectivity index (χ3v) is 4.66. The molecule has 6 atom stereocenters. The smallest absolute Gasteiger partial charge is 0.160 e. The maximum absolute atomic E-state index is 11.2. The molecule has 0 amide bonds. The van der Waals surface area contributed by atoms with Crippen molar-refractivity contribution in [2.75, 3.05) is 12.4 Å². The number of unbranched alkanes of at least 4 members (excludes halogenated alkanes) is 1. The number of ether oxygens (including phenoxy) is 1. The summed E-state index contributed by atoms with van der Waals surface area (Å²) in [6, 6.07) is 0. The van der Waals surface area contributed by atoms with Gasteiger partial charge in [-0.3, -0.25) is 4.79 Å². The van der Waals surface area contributed by atoms with Crippen LogP contribution in [0.3, 0.4) is 0 Å². The summed E-state index contributed by atoms with van der Waals surface area (Å²) in [5, 5.41) is 47.2. The number of ketones is 1. The molecular formula is C13H24O7S. The van der Waals surface area contributed by atoms with Gasteiger partial charge in [0.1, 0.15) is 36.0 Å². The molecule has 1 fully saturated rings. The second-order valence-electron chi connectivity index (χ2n) is 5.17. The lowest BCUT2D eigenvalue weighted by Gasteiger charge is -2.39. The van der Waals surface area contributed by atoms with Gasteiger partial charge in [-0.15, -0.1) is 11.8 Å². The van der Waals surface area contributed by atoms with Gasteiger partial charge in [0, 0.05) is 6.42 Å². The molecule has 1 aliphatic heterocycles. The molecule has 0 aromatic rings. The highest BCUT2D eigenvalue weighted by atomic mass is 32.2. The molecular weight excluding hydrogens is 300 g/mol. The Morgan fingerprint density at radius 2 is 1.86 bits per heavy atom. The van der Waals surface area contributed by atoms with E-state index in [-0.39, 0.29) is 5.78 Å². The lowest BCUT2D eigenvalue weighted by Crippen LogP contribution is -2.57. The molecule has 1 heterocycles. The van der Waals surface area contributed by atoms with Gasteiger partial charge in [-0.25, -0.2) is 0 Å². The number of carbonyl (C=O) groups excluding carboxylic acids is 1. The van der Waals surface area contributed by atoms with Crippen molar-refractivity contribution in [3.63, 3.8) is 0 Å². The Hall–Kier alpha value is -0.220. The Labute approximate surface area is 127 Å². The van der Waals surface area contributed by atoms with Crippen LogP contribution in [0.25, 0.3) is 0 Å². The normalized spacial score (nSPS) is 34.7. The largest absolute Gasteiger partial charge is 0.394 e. The topological polar surface area (TPSA) is 127 Å². The van der Waals surface area contributed by atoms with E-state index in [9.17, 15) is 20.1 Å². The number of Topliss-reactive ketones (excluding diaryl/α,β-unsaturated/α-hetero) is 1. The van der Waals surface area contributed by atoms with Gasteiger partial charge in [-0.05, 0) is 25.5 Å². The SMILES string of the molecule is CC(O)C(=O)CCCCSC1OC(CO)C(O)C(O)C1O. The highest BCUT2D eigenvalue weighted by Crippen LogP contribution is 2.29. The summed E-state index contributed by atoms with van der Waals surface area (Å²) in [4.78, 5) is 11.2. The molecule has 0 radical (unpaired) electrons. The summed E-state index contributed by atoms with van der Waals surface area (Å²) < 4.78 is 5.34. The minimum Gasteiger partial charge on any atom is -0.394 e. The molecule has 5 N–H and O–H groups in total. The van der Waals surface area contributed by atoms with Crippen LogP contribution >= 0.6 is 11.8 Å². The number of rotatable bonds is 8. The summed E-state index contributed by atoms with van der Waals surface area (Å²) >= 11 is 1.26. The first-order valence-corrected chi connectivity index (χ1v) is 8.06. The molecule has 1 rings (SSSR count). The summed E-state index contributed by atoms with van der Waals surface area (Å²) in [7, 11) is 0. The Kier molecular flexibility index (Phi) is 8.10. The summed E-state index contributed by atoms with van der Waals surface area (Å²) in [5.41, 5.74) is -0.729. The number of aliphatic hydroxyl groups is 5. The van der Waals surface area contributed by atoms with Crippen LogP contribution in [0, 0.1) is 0 Å². The van der Waals surface area contributed by atoms with E-state index in [4.69, 9.17) is 14.9 Å². The minimum atomic E-state index is -1.36. The minimum absolute atomic E-state index is 0.201. The van der Waals surface area contributed by atoms with Gasteiger partial charge in [-0.2, -0.15) is 0 Å². The molecule has 1 aliphatic rings. The van der Waals surface area contributed by atoms with E-state index < -0.39 is 42.6 Å². The third kappa shape index (κ3) is 5.48. The van der Waals surface area contributed by atoms with Gasteiger partial charge in [0.15, 0.2) is 5.78 Å². The fraction of sp³-hybridized carbons (Fsp3) is 0.923. The number of thioether (sulfide) groups is 1. The van der Waals surface area contributed by atoms with Crippen molar-refractivity contribution < 1.29 is 35.1 Å². The second-order valence-corrected chi connectivity index (χ2v) is 6.37. The van der Waals surface area contributed by atoms with E-state index in [2.05, 4.69) is 0 Å². The van der Waals surface area contributed by atoms with E-state index in [1.54, 1.807) is 0 Å². The molecule has 0 bridgehead atoms. The summed E-state index contributed by atoms with van der Waals surface area (Å²) in [6.45, 7) is 0.996. The van der Waals surface area contributed by atoms with Crippen LogP contribution in [0.2, 0.25) is 0 Å². The van der Waals surface area contributed by atoms with E-state index in [0.29, 0.717) is 25.0 Å². The fourth-order valence-electron chi connectivity index (χ4n) is 2.01. The number of aliphatic hydroxyl groups excluding tert-OH is 5. The highest BCUT2D eigenvalue weighted by Gasteiger charge is 2.43. The maximum Gasteiger partial charge on any atom is 0.160 e. The number of hydrogen-bond acceptors (Lipinski definition) is 8. The lowest BCUT2D eigenvalue weighted by atomic mass is 10.0. The summed E-state index contributed by atoms with van der Waals surface area (Å²) in [6.07, 6.45) is -4.15. The number of carbonyl (C=O) groups is 1. The standard InChI is InChI=1S/C13H24O7S/c1-7(15)8(16)4-2-3-5-21-13-12(19)11(18)10(17)9(6-14)20-13/h7,9-15,17-19H,2-6H2,1H3. The fourth-order valence-corrected chi connectivity index (χ4v) is 3.20. The first-order chi connectivity index (χ1) is 9.88. The maximum atomic E-state index is 11.2. The van der Waals surface area contributed by atoms with Crippen molar-refractivity contribution in [1.29, 1.82) is 0 Å². The van der Waals surface area contributed by atoms with Gasteiger partial charge >= 0.3 is 0 Å². The predicted molar refractivity (Wildman–Crippen MR) is 76.8 cm³/mol. The van der Waals surface area contributed by atoms with Crippen molar-refractivity contribution in [2.45, 2.75) is 62.1 Å². The molecule has 8 heteroatoms. The molecule has 0 aliphatic carbocycles. The molecule has 0 spiro atoms. The zero-order valence-corrected chi connectivity index (χ0v) is 12.8. The quantitative estimate of drug-likeness (QED) is 0.346. The van der Waals surface area contributed by atoms with E-state index in [0.717, 1.165) is 0 Å². The zero-order chi connectivity index (χ0) is 16.0. The van der Waals surface area contributed by atoms with Crippen molar-refractivity contribution >= 4 is 17.5 Å². The van der Waals surface area contributed by atoms with Gasteiger partial charge in [-0.1, -0.05) is 0 Å². The molecule has 0 saturated carbocycles. The van der Waals surface area contributed by atoms with E-state index in [1.807, 2.05) is 0 Å². The van der Waals surface area contributed by atoms with Crippen molar-refractivity contribution in [2.24, 2.45) is 0 Å². The Morgan fingerprint density at radius 3 is 2.43 bits per heavy atom. The first kappa shape index (κ1) is 18.8. The van der Waals surface area contributed by atoms with Crippen LogP contribution in [0.5, 0.6) is 0 Å². The molecule has 21 heavy (non-hydrogen) atoms. The molecule has 0 aromatic heterocycles. The number of hydrogen-bond donors (Lipinski definition) is 5. The Bertz CT molecular complexity index is 324.